The first-order valence-electron chi connectivity index (χ1n) is 10.9. The Kier molecular flexibility index (Phi) is 4.96. The number of benzene rings is 3. The van der Waals surface area contributed by atoms with Gasteiger partial charge in [-0.3, -0.25) is 4.79 Å². The average Bonchev–Trinajstić information content (AvgIpc) is 3.21. The van der Waals surface area contributed by atoms with Crippen molar-refractivity contribution in [3.05, 3.63) is 95.1 Å². The number of carbonyl (C=O) groups excluding carboxylic acids is 1. The van der Waals surface area contributed by atoms with E-state index in [2.05, 4.69) is 0 Å². The van der Waals surface area contributed by atoms with Crippen LogP contribution in [0.2, 0.25) is 0 Å². The molecule has 1 fully saturated rings. The van der Waals surface area contributed by atoms with Crippen molar-refractivity contribution in [3.63, 3.8) is 0 Å². The molecule has 3 aromatic rings. The van der Waals surface area contributed by atoms with Gasteiger partial charge in [-0.05, 0) is 41.8 Å². The van der Waals surface area contributed by atoms with Crippen molar-refractivity contribution in [2.75, 3.05) is 14.2 Å². The first kappa shape index (κ1) is 21.5. The third-order valence-electron chi connectivity index (χ3n) is 7.10. The average molecular weight is 446 g/mol. The molecule has 1 heterocycles. The molecule has 0 saturated heterocycles. The van der Waals surface area contributed by atoms with Gasteiger partial charge in [-0.25, -0.2) is 0 Å². The number of fused-ring (bicyclic) bond motifs is 3. The molecule has 0 aromatic heterocycles. The SMILES string of the molecule is COC(=O)[C@H]1[C@@H](O)[C@@]2(O)c3ccc(C)cc3O[C@@]2(c2ccc(OC)cc2)[C@@H]1c1ccccc1. The van der Waals surface area contributed by atoms with Crippen molar-refractivity contribution in [2.24, 2.45) is 5.92 Å². The number of aliphatic hydroxyl groups excluding tert-OH is 1. The van der Waals surface area contributed by atoms with Crippen LogP contribution in [0.5, 0.6) is 11.5 Å². The fraction of sp³-hybridized carbons (Fsp3) is 0.296. The largest absolute Gasteiger partial charge is 0.497 e. The predicted octanol–water partition coefficient (Wildman–Crippen LogP) is 3.43. The van der Waals surface area contributed by atoms with E-state index in [1.165, 1.54) is 7.11 Å². The normalized spacial score (nSPS) is 29.7. The van der Waals surface area contributed by atoms with Gasteiger partial charge in [-0.15, -0.1) is 0 Å². The maximum atomic E-state index is 13.1. The Balaban J connectivity index is 1.85. The fourth-order valence-electron chi connectivity index (χ4n) is 5.66. The molecule has 0 spiro atoms. The minimum Gasteiger partial charge on any atom is -0.497 e. The summed E-state index contributed by atoms with van der Waals surface area (Å²) >= 11 is 0. The van der Waals surface area contributed by atoms with Crippen molar-refractivity contribution < 1.29 is 29.2 Å². The van der Waals surface area contributed by atoms with Crippen molar-refractivity contribution in [2.45, 2.75) is 30.1 Å². The van der Waals surface area contributed by atoms with Crippen LogP contribution in [0.4, 0.5) is 0 Å². The molecule has 0 radical (unpaired) electrons. The second-order valence-corrected chi connectivity index (χ2v) is 8.71. The summed E-state index contributed by atoms with van der Waals surface area (Å²) in [6.07, 6.45) is -1.47. The van der Waals surface area contributed by atoms with Gasteiger partial charge in [0.25, 0.3) is 0 Å². The summed E-state index contributed by atoms with van der Waals surface area (Å²) in [5, 5.41) is 24.0. The Labute approximate surface area is 192 Å². The van der Waals surface area contributed by atoms with E-state index in [1.807, 2.05) is 61.5 Å². The van der Waals surface area contributed by atoms with Gasteiger partial charge >= 0.3 is 5.97 Å². The summed E-state index contributed by atoms with van der Waals surface area (Å²) in [6.45, 7) is 1.93. The lowest BCUT2D eigenvalue weighted by molar-refractivity contribution is -0.161. The Morgan fingerprint density at radius 1 is 1.00 bits per heavy atom. The molecule has 1 saturated carbocycles. The van der Waals surface area contributed by atoms with Gasteiger partial charge in [0.05, 0.1) is 20.1 Å². The van der Waals surface area contributed by atoms with Gasteiger partial charge < -0.3 is 24.4 Å². The van der Waals surface area contributed by atoms with Crippen LogP contribution < -0.4 is 9.47 Å². The van der Waals surface area contributed by atoms with Crippen molar-refractivity contribution in [3.8, 4) is 11.5 Å². The van der Waals surface area contributed by atoms with Crippen molar-refractivity contribution >= 4 is 5.97 Å². The van der Waals surface area contributed by atoms with Crippen LogP contribution in [0, 0.1) is 12.8 Å². The number of carbonyl (C=O) groups is 1. The van der Waals surface area contributed by atoms with E-state index < -0.39 is 35.1 Å². The van der Waals surface area contributed by atoms with E-state index in [0.717, 1.165) is 11.1 Å². The highest BCUT2D eigenvalue weighted by Gasteiger charge is 2.77. The maximum Gasteiger partial charge on any atom is 0.312 e. The van der Waals surface area contributed by atoms with Crippen LogP contribution in [0.3, 0.4) is 0 Å². The maximum absolute atomic E-state index is 13.1. The highest BCUT2D eigenvalue weighted by Crippen LogP contribution is 2.68. The zero-order chi connectivity index (χ0) is 23.4. The molecule has 6 heteroatoms. The lowest BCUT2D eigenvalue weighted by atomic mass is 9.70. The predicted molar refractivity (Wildman–Crippen MR) is 121 cm³/mol. The fourth-order valence-corrected chi connectivity index (χ4v) is 5.66. The Morgan fingerprint density at radius 2 is 1.70 bits per heavy atom. The number of esters is 1. The second-order valence-electron chi connectivity index (χ2n) is 8.71. The molecule has 0 unspecified atom stereocenters. The highest BCUT2D eigenvalue weighted by molar-refractivity contribution is 5.77. The number of methoxy groups -OCH3 is 2. The molecule has 5 rings (SSSR count). The molecule has 6 nitrogen and oxygen atoms in total. The van der Waals surface area contributed by atoms with Crippen LogP contribution in [0.1, 0.15) is 28.2 Å². The van der Waals surface area contributed by atoms with E-state index in [9.17, 15) is 15.0 Å². The molecule has 2 aliphatic rings. The first-order chi connectivity index (χ1) is 15.9. The minimum absolute atomic E-state index is 0.448. The minimum atomic E-state index is -1.90. The molecule has 170 valence electrons. The van der Waals surface area contributed by atoms with Gasteiger partial charge in [0.15, 0.2) is 11.2 Å². The molecule has 3 aromatic carbocycles. The summed E-state index contributed by atoms with van der Waals surface area (Å²) in [7, 11) is 2.86. The van der Waals surface area contributed by atoms with Gasteiger partial charge in [0, 0.05) is 11.5 Å². The third-order valence-corrected chi connectivity index (χ3v) is 7.10. The Hall–Kier alpha value is -3.35. The lowest BCUT2D eigenvalue weighted by Gasteiger charge is -2.40. The first-order valence-corrected chi connectivity index (χ1v) is 10.9. The molecule has 33 heavy (non-hydrogen) atoms. The number of aliphatic hydroxyl groups is 2. The van der Waals surface area contributed by atoms with Crippen LogP contribution in [-0.4, -0.2) is 36.5 Å². The molecule has 2 N–H and O–H groups in total. The summed E-state index contributed by atoms with van der Waals surface area (Å²) in [5.74, 6) is -1.27. The van der Waals surface area contributed by atoms with Crippen LogP contribution >= 0.6 is 0 Å². The number of hydrogen-bond donors (Lipinski definition) is 2. The molecule has 1 aliphatic heterocycles. The summed E-state index contributed by atoms with van der Waals surface area (Å²) < 4.78 is 17.1. The van der Waals surface area contributed by atoms with Crippen LogP contribution in [0.15, 0.2) is 72.8 Å². The Morgan fingerprint density at radius 3 is 2.33 bits per heavy atom. The lowest BCUT2D eigenvalue weighted by Crippen LogP contribution is -2.52. The van der Waals surface area contributed by atoms with E-state index in [1.54, 1.807) is 25.3 Å². The molecule has 0 amide bonds. The van der Waals surface area contributed by atoms with E-state index in [0.29, 0.717) is 22.6 Å². The Bertz CT molecular complexity index is 1190. The zero-order valence-electron chi connectivity index (χ0n) is 18.7. The smallest absolute Gasteiger partial charge is 0.312 e. The van der Waals surface area contributed by atoms with E-state index in [4.69, 9.17) is 14.2 Å². The summed E-state index contributed by atoms with van der Waals surface area (Å²) in [4.78, 5) is 13.1. The summed E-state index contributed by atoms with van der Waals surface area (Å²) in [6, 6.07) is 22.0. The molecule has 5 atom stereocenters. The van der Waals surface area contributed by atoms with Crippen LogP contribution in [0.25, 0.3) is 0 Å². The van der Waals surface area contributed by atoms with Crippen molar-refractivity contribution in [1.29, 1.82) is 0 Å². The van der Waals surface area contributed by atoms with Gasteiger partial charge in [-0.1, -0.05) is 54.6 Å². The number of ether oxygens (including phenoxy) is 3. The molecular weight excluding hydrogens is 420 g/mol. The summed E-state index contributed by atoms with van der Waals surface area (Å²) in [5.41, 5.74) is -0.595. The zero-order valence-corrected chi connectivity index (χ0v) is 18.7. The monoisotopic (exact) mass is 446 g/mol. The second kappa shape index (κ2) is 7.61. The van der Waals surface area contributed by atoms with E-state index in [-0.39, 0.29) is 0 Å². The van der Waals surface area contributed by atoms with Crippen molar-refractivity contribution in [1.82, 2.24) is 0 Å². The number of rotatable bonds is 4. The molecular formula is C27H26O6. The number of aryl methyl sites for hydroxylation is 1. The van der Waals surface area contributed by atoms with E-state index >= 15 is 0 Å². The molecule has 0 bridgehead atoms. The van der Waals surface area contributed by atoms with Gasteiger partial charge in [0.2, 0.25) is 0 Å². The van der Waals surface area contributed by atoms with Crippen LogP contribution in [-0.2, 0) is 20.7 Å². The standard InChI is InChI=1S/C27H26O6/c1-16-9-14-20-21(15-16)33-27(18-10-12-19(31-2)13-11-18)23(17-7-5-4-6-8-17)22(25(29)32-3)24(28)26(20,27)30/h4-15,22-24,28,30H,1-3H3/t22-,23-,24-,26+,27+/m1/s1. The highest BCUT2D eigenvalue weighted by atomic mass is 16.5. The quantitative estimate of drug-likeness (QED) is 0.598. The van der Waals surface area contributed by atoms with Gasteiger partial charge in [0.1, 0.15) is 17.6 Å². The van der Waals surface area contributed by atoms with Gasteiger partial charge in [-0.2, -0.15) is 0 Å². The third kappa shape index (κ3) is 2.77. The topological polar surface area (TPSA) is 85.2 Å². The molecule has 1 aliphatic carbocycles. The number of hydrogen-bond acceptors (Lipinski definition) is 6.